The minimum Gasteiger partial charge on any atom is -0.478 e. The number of anilines is 1. The van der Waals surface area contributed by atoms with Crippen molar-refractivity contribution in [2.75, 3.05) is 11.9 Å². The summed E-state index contributed by atoms with van der Waals surface area (Å²) < 4.78 is 13.8. The van der Waals surface area contributed by atoms with Gasteiger partial charge >= 0.3 is 5.97 Å². The van der Waals surface area contributed by atoms with Gasteiger partial charge in [-0.2, -0.15) is 0 Å². The van der Waals surface area contributed by atoms with Gasteiger partial charge < -0.3 is 10.0 Å². The average Bonchev–Trinajstić information content (AvgIpc) is 2.74. The maximum atomic E-state index is 13.8. The maximum Gasteiger partial charge on any atom is 0.335 e. The highest BCUT2D eigenvalue weighted by Crippen LogP contribution is 2.21. The topological polar surface area (TPSA) is 53.4 Å². The van der Waals surface area contributed by atoms with E-state index in [2.05, 4.69) is 4.98 Å². The number of carboxylic acids is 1. The van der Waals surface area contributed by atoms with E-state index in [0.29, 0.717) is 12.2 Å². The monoisotopic (exact) mass is 280 g/mol. The fraction of sp³-hybridized carbons (Fsp3) is 0.231. The molecule has 100 valence electrons. The Kier molecular flexibility index (Phi) is 3.80. The van der Waals surface area contributed by atoms with Crippen LogP contribution in [0.25, 0.3) is 0 Å². The van der Waals surface area contributed by atoms with Crippen molar-refractivity contribution in [2.45, 2.75) is 13.5 Å². The summed E-state index contributed by atoms with van der Waals surface area (Å²) in [5, 5.41) is 11.7. The molecule has 0 amide bonds. The molecule has 6 heteroatoms. The molecule has 0 unspecified atom stereocenters. The van der Waals surface area contributed by atoms with Gasteiger partial charge in [-0.05, 0) is 25.1 Å². The van der Waals surface area contributed by atoms with Gasteiger partial charge in [0, 0.05) is 12.4 Å². The molecule has 0 saturated carbocycles. The molecule has 0 saturated heterocycles. The molecule has 0 bridgehead atoms. The van der Waals surface area contributed by atoms with Gasteiger partial charge in [0.05, 0.1) is 28.5 Å². The Balaban J connectivity index is 2.19. The van der Waals surface area contributed by atoms with E-state index in [1.54, 1.807) is 23.3 Å². The normalized spacial score (nSPS) is 10.5. The smallest absolute Gasteiger partial charge is 0.335 e. The number of hydrogen-bond acceptors (Lipinski definition) is 4. The summed E-state index contributed by atoms with van der Waals surface area (Å²) in [5.74, 6) is -1.68. The van der Waals surface area contributed by atoms with E-state index in [9.17, 15) is 9.18 Å². The quantitative estimate of drug-likeness (QED) is 0.935. The average molecular weight is 280 g/mol. The van der Waals surface area contributed by atoms with Gasteiger partial charge in [-0.25, -0.2) is 14.2 Å². The van der Waals surface area contributed by atoms with Crippen molar-refractivity contribution in [2.24, 2.45) is 0 Å². The highest BCUT2D eigenvalue weighted by atomic mass is 32.1. The first-order valence-corrected chi connectivity index (χ1v) is 6.50. The number of aromatic nitrogens is 1. The summed E-state index contributed by atoms with van der Waals surface area (Å²) in [6.45, 7) is 2.39. The molecule has 1 heterocycles. The van der Waals surface area contributed by atoms with E-state index in [1.807, 2.05) is 12.3 Å². The molecule has 2 aromatic rings. The Morgan fingerprint density at radius 1 is 1.53 bits per heavy atom. The van der Waals surface area contributed by atoms with Crippen LogP contribution in [0.3, 0.4) is 0 Å². The zero-order valence-corrected chi connectivity index (χ0v) is 11.4. The number of halogens is 1. The van der Waals surface area contributed by atoms with Crippen molar-refractivity contribution in [1.29, 1.82) is 0 Å². The van der Waals surface area contributed by atoms with Gasteiger partial charge in [0.2, 0.25) is 0 Å². The second kappa shape index (κ2) is 5.36. The van der Waals surface area contributed by atoms with Crippen LogP contribution >= 0.6 is 11.3 Å². The Hall–Kier alpha value is -1.95. The van der Waals surface area contributed by atoms with Crippen molar-refractivity contribution in [3.05, 3.63) is 45.7 Å². The van der Waals surface area contributed by atoms with Gasteiger partial charge in [0.15, 0.2) is 0 Å². The number of aromatic carboxylic acids is 1. The summed E-state index contributed by atoms with van der Waals surface area (Å²) in [6, 6.07) is 3.89. The third kappa shape index (κ3) is 3.08. The Morgan fingerprint density at radius 2 is 2.26 bits per heavy atom. The number of hydrogen-bond donors (Lipinski definition) is 1. The summed E-state index contributed by atoms with van der Waals surface area (Å²) in [5.41, 5.74) is 1.17. The molecular weight excluding hydrogens is 267 g/mol. The molecule has 0 aliphatic rings. The molecule has 0 radical (unpaired) electrons. The van der Waals surface area contributed by atoms with Gasteiger partial charge in [-0.3, -0.25) is 0 Å². The van der Waals surface area contributed by atoms with Crippen LogP contribution in [0, 0.1) is 12.7 Å². The molecule has 1 N–H and O–H groups in total. The van der Waals surface area contributed by atoms with Crippen molar-refractivity contribution < 1.29 is 14.3 Å². The summed E-state index contributed by atoms with van der Waals surface area (Å²) in [6.07, 6.45) is 0. The van der Waals surface area contributed by atoms with Gasteiger partial charge in [-0.1, -0.05) is 0 Å². The third-order valence-corrected chi connectivity index (χ3v) is 3.49. The van der Waals surface area contributed by atoms with Crippen LogP contribution in [-0.2, 0) is 6.54 Å². The van der Waals surface area contributed by atoms with Crippen LogP contribution in [0.4, 0.5) is 10.1 Å². The lowest BCUT2D eigenvalue weighted by Crippen LogP contribution is -2.18. The van der Waals surface area contributed by atoms with Crippen LogP contribution in [0.5, 0.6) is 0 Å². The second-order valence-electron chi connectivity index (χ2n) is 4.19. The number of thiazole rings is 1. The maximum absolute atomic E-state index is 13.8. The van der Waals surface area contributed by atoms with E-state index in [1.165, 1.54) is 12.1 Å². The van der Waals surface area contributed by atoms with Gasteiger partial charge in [0.1, 0.15) is 5.82 Å². The highest BCUT2D eigenvalue weighted by Gasteiger charge is 2.12. The molecule has 1 aromatic heterocycles. The predicted octanol–water partition coefficient (Wildman–Crippen LogP) is 2.93. The second-order valence-corrected chi connectivity index (χ2v) is 5.25. The van der Waals surface area contributed by atoms with E-state index in [-0.39, 0.29) is 5.56 Å². The van der Waals surface area contributed by atoms with Crippen molar-refractivity contribution in [1.82, 2.24) is 4.98 Å². The lowest BCUT2D eigenvalue weighted by Gasteiger charge is -2.19. The number of nitrogens with zero attached hydrogens (tertiary/aromatic N) is 2. The third-order valence-electron chi connectivity index (χ3n) is 2.67. The number of aryl methyl sites for hydroxylation is 1. The molecule has 19 heavy (non-hydrogen) atoms. The Morgan fingerprint density at radius 3 is 2.79 bits per heavy atom. The van der Waals surface area contributed by atoms with E-state index in [4.69, 9.17) is 5.11 Å². The first-order valence-electron chi connectivity index (χ1n) is 5.62. The standard InChI is InChI=1S/C13H13FN2O2S/c1-8-15-10(7-19-8)6-16(2)12-4-3-9(13(17)18)5-11(12)14/h3-5,7H,6H2,1-2H3,(H,17,18). The molecule has 0 fully saturated rings. The molecule has 0 spiro atoms. The lowest BCUT2D eigenvalue weighted by molar-refractivity contribution is 0.0696. The van der Waals surface area contributed by atoms with Crippen LogP contribution in [-0.4, -0.2) is 23.1 Å². The number of rotatable bonds is 4. The van der Waals surface area contributed by atoms with E-state index < -0.39 is 11.8 Å². The number of carboxylic acid groups (broad SMARTS) is 1. The van der Waals surface area contributed by atoms with E-state index in [0.717, 1.165) is 16.8 Å². The minimum absolute atomic E-state index is 0.0563. The fourth-order valence-corrected chi connectivity index (χ4v) is 2.36. The van der Waals surface area contributed by atoms with Crippen LogP contribution in [0.15, 0.2) is 23.6 Å². The highest BCUT2D eigenvalue weighted by molar-refractivity contribution is 7.09. The zero-order chi connectivity index (χ0) is 14.0. The van der Waals surface area contributed by atoms with Crippen molar-refractivity contribution in [3.8, 4) is 0 Å². The number of benzene rings is 1. The Bertz CT molecular complexity index is 612. The summed E-state index contributed by atoms with van der Waals surface area (Å²) >= 11 is 1.54. The van der Waals surface area contributed by atoms with Crippen LogP contribution in [0.2, 0.25) is 0 Å². The molecule has 4 nitrogen and oxygen atoms in total. The largest absolute Gasteiger partial charge is 0.478 e. The Labute approximate surface area is 114 Å². The molecule has 0 aliphatic carbocycles. The molecule has 0 atom stereocenters. The van der Waals surface area contributed by atoms with Gasteiger partial charge in [-0.15, -0.1) is 11.3 Å². The molecule has 1 aromatic carbocycles. The van der Waals surface area contributed by atoms with E-state index >= 15 is 0 Å². The summed E-state index contributed by atoms with van der Waals surface area (Å²) in [4.78, 5) is 16.8. The predicted molar refractivity (Wildman–Crippen MR) is 72.3 cm³/mol. The molecular formula is C13H13FN2O2S. The fourth-order valence-electron chi connectivity index (χ4n) is 1.76. The van der Waals surface area contributed by atoms with Crippen LogP contribution in [0.1, 0.15) is 21.1 Å². The van der Waals surface area contributed by atoms with Crippen molar-refractivity contribution in [3.63, 3.8) is 0 Å². The van der Waals surface area contributed by atoms with Crippen molar-refractivity contribution >= 4 is 23.0 Å². The lowest BCUT2D eigenvalue weighted by atomic mass is 10.2. The first-order chi connectivity index (χ1) is 8.97. The first kappa shape index (κ1) is 13.5. The minimum atomic E-state index is -1.14. The van der Waals surface area contributed by atoms with Crippen LogP contribution < -0.4 is 4.90 Å². The molecule has 2 rings (SSSR count). The zero-order valence-electron chi connectivity index (χ0n) is 10.6. The molecule has 0 aliphatic heterocycles. The van der Waals surface area contributed by atoms with Gasteiger partial charge in [0.25, 0.3) is 0 Å². The summed E-state index contributed by atoms with van der Waals surface area (Å²) in [7, 11) is 1.74. The number of carbonyl (C=O) groups is 1. The SMILES string of the molecule is Cc1nc(CN(C)c2ccc(C(=O)O)cc2F)cs1.